The Balaban J connectivity index is 2.36. The van der Waals surface area contributed by atoms with Crippen molar-refractivity contribution < 1.29 is 10.0 Å². The van der Waals surface area contributed by atoms with Gasteiger partial charge in [0.05, 0.1) is 16.0 Å². The van der Waals surface area contributed by atoms with Crippen LogP contribution in [0.5, 0.6) is 0 Å². The van der Waals surface area contributed by atoms with E-state index < -0.39 is 4.92 Å². The van der Waals surface area contributed by atoms with Crippen LogP contribution in [0.2, 0.25) is 5.02 Å². The van der Waals surface area contributed by atoms with Crippen LogP contribution in [0.1, 0.15) is 13.3 Å². The molecule has 0 spiro atoms. The van der Waals surface area contributed by atoms with Crippen molar-refractivity contribution in [3.63, 3.8) is 0 Å². The van der Waals surface area contributed by atoms with E-state index in [0.717, 1.165) is 0 Å². The zero-order valence-electron chi connectivity index (χ0n) is 10.0. The minimum absolute atomic E-state index is 0.0195. The van der Waals surface area contributed by atoms with Gasteiger partial charge >= 0.3 is 0 Å². The number of aliphatic hydroxyl groups is 1. The average Bonchev–Trinajstić information content (AvgIpc) is 2.32. The van der Waals surface area contributed by atoms with Gasteiger partial charge < -0.3 is 10.0 Å². The average molecular weight is 271 g/mol. The van der Waals surface area contributed by atoms with Gasteiger partial charge in [0.25, 0.3) is 5.69 Å². The molecular formula is C12H15ClN2O3. The number of benzene rings is 1. The fourth-order valence-electron chi connectivity index (χ4n) is 2.30. The third-order valence-corrected chi connectivity index (χ3v) is 3.64. The molecule has 98 valence electrons. The first-order valence-corrected chi connectivity index (χ1v) is 6.24. The van der Waals surface area contributed by atoms with E-state index in [1.165, 1.54) is 6.07 Å². The molecule has 1 aromatic rings. The molecule has 0 amide bonds. The third kappa shape index (κ3) is 2.42. The van der Waals surface area contributed by atoms with Gasteiger partial charge in [-0.05, 0) is 18.4 Å². The summed E-state index contributed by atoms with van der Waals surface area (Å²) in [6.45, 7) is 3.08. The van der Waals surface area contributed by atoms with Gasteiger partial charge in [-0.3, -0.25) is 10.1 Å². The largest absolute Gasteiger partial charge is 0.393 e. The molecule has 5 nitrogen and oxygen atoms in total. The first-order valence-electron chi connectivity index (χ1n) is 5.86. The first kappa shape index (κ1) is 13.1. The maximum atomic E-state index is 11.0. The van der Waals surface area contributed by atoms with E-state index in [2.05, 4.69) is 0 Å². The molecule has 2 unspecified atom stereocenters. The molecule has 1 fully saturated rings. The molecule has 0 saturated carbocycles. The number of nitrogens with zero attached hydrogens (tertiary/aromatic N) is 2. The highest BCUT2D eigenvalue weighted by molar-refractivity contribution is 6.33. The molecule has 2 rings (SSSR count). The molecule has 18 heavy (non-hydrogen) atoms. The zero-order valence-corrected chi connectivity index (χ0v) is 10.8. The Bertz CT molecular complexity index is 467. The van der Waals surface area contributed by atoms with Crippen molar-refractivity contribution in [3.05, 3.63) is 33.3 Å². The number of rotatable bonds is 2. The summed E-state index contributed by atoms with van der Waals surface area (Å²) in [5, 5.41) is 21.1. The minimum atomic E-state index is -0.420. The summed E-state index contributed by atoms with van der Waals surface area (Å²) in [6, 6.07) is 4.68. The van der Waals surface area contributed by atoms with Crippen molar-refractivity contribution in [1.29, 1.82) is 0 Å². The van der Waals surface area contributed by atoms with Crippen LogP contribution in [-0.2, 0) is 0 Å². The lowest BCUT2D eigenvalue weighted by atomic mass is 9.96. The van der Waals surface area contributed by atoms with Gasteiger partial charge in [-0.1, -0.05) is 24.6 Å². The third-order valence-electron chi connectivity index (χ3n) is 3.34. The standard InChI is InChI=1S/C12H15ClN2O3/c1-8-7-14(6-5-11(8)16)12-9(13)3-2-4-10(12)15(17)18/h2-4,8,11,16H,5-7H2,1H3. The van der Waals surface area contributed by atoms with Crippen molar-refractivity contribution in [3.8, 4) is 0 Å². The maximum Gasteiger partial charge on any atom is 0.294 e. The van der Waals surface area contributed by atoms with Crippen LogP contribution < -0.4 is 4.90 Å². The molecule has 0 aliphatic carbocycles. The van der Waals surface area contributed by atoms with E-state index >= 15 is 0 Å². The Morgan fingerprint density at radius 3 is 2.89 bits per heavy atom. The Kier molecular flexibility index (Phi) is 3.73. The zero-order chi connectivity index (χ0) is 13.3. The van der Waals surface area contributed by atoms with Crippen molar-refractivity contribution in [2.45, 2.75) is 19.4 Å². The van der Waals surface area contributed by atoms with Gasteiger partial charge in [-0.2, -0.15) is 0 Å². The molecule has 0 radical (unpaired) electrons. The molecule has 0 aromatic heterocycles. The van der Waals surface area contributed by atoms with Gasteiger partial charge in [0.1, 0.15) is 5.69 Å². The van der Waals surface area contributed by atoms with Crippen LogP contribution in [0.15, 0.2) is 18.2 Å². The monoisotopic (exact) mass is 270 g/mol. The van der Waals surface area contributed by atoms with Crippen molar-refractivity contribution in [2.75, 3.05) is 18.0 Å². The lowest BCUT2D eigenvalue weighted by Crippen LogP contribution is -2.42. The molecule has 0 bridgehead atoms. The Morgan fingerprint density at radius 2 is 2.28 bits per heavy atom. The molecule has 1 N–H and O–H groups in total. The number of hydrogen-bond donors (Lipinski definition) is 1. The number of hydrogen-bond acceptors (Lipinski definition) is 4. The number of nitro benzene ring substituents is 1. The van der Waals surface area contributed by atoms with E-state index in [9.17, 15) is 15.2 Å². The first-order chi connectivity index (χ1) is 8.50. The highest BCUT2D eigenvalue weighted by Gasteiger charge is 2.29. The summed E-state index contributed by atoms with van der Waals surface area (Å²) in [4.78, 5) is 12.5. The lowest BCUT2D eigenvalue weighted by molar-refractivity contribution is -0.384. The Hall–Kier alpha value is -1.33. The highest BCUT2D eigenvalue weighted by atomic mass is 35.5. The van der Waals surface area contributed by atoms with Crippen molar-refractivity contribution in [1.82, 2.24) is 0 Å². The normalized spacial score (nSPS) is 24.1. The Morgan fingerprint density at radius 1 is 1.56 bits per heavy atom. The van der Waals surface area contributed by atoms with Crippen molar-refractivity contribution in [2.24, 2.45) is 5.92 Å². The number of nitro groups is 1. The summed E-state index contributed by atoms with van der Waals surface area (Å²) in [7, 11) is 0. The lowest BCUT2D eigenvalue weighted by Gasteiger charge is -2.35. The van der Waals surface area contributed by atoms with E-state index in [0.29, 0.717) is 30.2 Å². The van der Waals surface area contributed by atoms with Crippen LogP contribution in [-0.4, -0.2) is 29.2 Å². The summed E-state index contributed by atoms with van der Waals surface area (Å²) in [6.07, 6.45) is 0.256. The number of aliphatic hydroxyl groups excluding tert-OH is 1. The van der Waals surface area contributed by atoms with Crippen molar-refractivity contribution >= 4 is 23.0 Å². The van der Waals surface area contributed by atoms with Crippen LogP contribution >= 0.6 is 11.6 Å². The molecule has 1 aliphatic rings. The number of halogens is 1. The molecule has 6 heteroatoms. The molecule has 1 aliphatic heterocycles. The predicted octanol–water partition coefficient (Wildman–Crippen LogP) is 2.46. The van der Waals surface area contributed by atoms with Crippen LogP contribution in [0.4, 0.5) is 11.4 Å². The number of para-hydroxylation sites is 1. The smallest absolute Gasteiger partial charge is 0.294 e. The second kappa shape index (κ2) is 5.12. The summed E-state index contributed by atoms with van der Waals surface area (Å²) in [5.41, 5.74) is 0.481. The quantitative estimate of drug-likeness (QED) is 0.662. The molecular weight excluding hydrogens is 256 g/mol. The molecule has 1 saturated heterocycles. The van der Waals surface area contributed by atoms with Crippen LogP contribution in [0.25, 0.3) is 0 Å². The van der Waals surface area contributed by atoms with E-state index in [-0.39, 0.29) is 17.7 Å². The van der Waals surface area contributed by atoms with E-state index in [1.54, 1.807) is 12.1 Å². The fraction of sp³-hybridized carbons (Fsp3) is 0.500. The fourth-order valence-corrected chi connectivity index (χ4v) is 2.59. The van der Waals surface area contributed by atoms with Crippen LogP contribution in [0, 0.1) is 16.0 Å². The topological polar surface area (TPSA) is 66.6 Å². The van der Waals surface area contributed by atoms with E-state index in [4.69, 9.17) is 11.6 Å². The van der Waals surface area contributed by atoms with Gasteiger partial charge in [0, 0.05) is 19.2 Å². The summed E-state index contributed by atoms with van der Waals surface area (Å²) >= 11 is 6.08. The predicted molar refractivity (Wildman–Crippen MR) is 70.1 cm³/mol. The van der Waals surface area contributed by atoms with Crippen LogP contribution in [0.3, 0.4) is 0 Å². The summed E-state index contributed by atoms with van der Waals surface area (Å²) < 4.78 is 0. The minimum Gasteiger partial charge on any atom is -0.393 e. The van der Waals surface area contributed by atoms with Gasteiger partial charge in [0.15, 0.2) is 0 Å². The van der Waals surface area contributed by atoms with Gasteiger partial charge in [-0.25, -0.2) is 0 Å². The highest BCUT2D eigenvalue weighted by Crippen LogP contribution is 2.37. The summed E-state index contributed by atoms with van der Waals surface area (Å²) in [5.74, 6) is 0.0784. The number of anilines is 1. The molecule has 2 atom stereocenters. The van der Waals surface area contributed by atoms with Gasteiger partial charge in [0.2, 0.25) is 0 Å². The molecule has 1 heterocycles. The van der Waals surface area contributed by atoms with E-state index in [1.807, 2.05) is 11.8 Å². The number of piperidine rings is 1. The second-order valence-electron chi connectivity index (χ2n) is 4.64. The maximum absolute atomic E-state index is 11.0. The second-order valence-corrected chi connectivity index (χ2v) is 5.05. The van der Waals surface area contributed by atoms with Gasteiger partial charge in [-0.15, -0.1) is 0 Å². The Labute approximate surface area is 110 Å². The molecule has 1 aromatic carbocycles. The SMILES string of the molecule is CC1CN(c2c(Cl)cccc2[N+](=O)[O-])CCC1O.